The van der Waals surface area contributed by atoms with Crippen molar-refractivity contribution in [2.75, 3.05) is 7.11 Å². The smallest absolute Gasteiger partial charge is 0.316 e. The maximum Gasteiger partial charge on any atom is 0.316 e. The molecule has 1 fully saturated rings. The Bertz CT molecular complexity index is 869. The Morgan fingerprint density at radius 1 is 1.20 bits per heavy atom. The van der Waals surface area contributed by atoms with Crippen molar-refractivity contribution in [3.63, 3.8) is 0 Å². The van der Waals surface area contributed by atoms with Gasteiger partial charge in [-0.25, -0.2) is 0 Å². The Morgan fingerprint density at radius 3 is 2.60 bits per heavy atom. The summed E-state index contributed by atoms with van der Waals surface area (Å²) in [6.45, 7) is 2.21. The minimum absolute atomic E-state index is 0.153. The van der Waals surface area contributed by atoms with Gasteiger partial charge < -0.3 is 4.74 Å². The standard InChI is InChI=1S/C20H23NO3S/c1-3-4-12-20(16-8-6-5-7-9-16)14-17(20)15-10-11-19(24-2)18(13-15)21-25(22)23/h5-11,13,17H,3-4,12,14H2,1-2H3. The highest BCUT2D eigenvalue weighted by atomic mass is 32.2. The van der Waals surface area contributed by atoms with Crippen LogP contribution in [0.3, 0.4) is 0 Å². The van der Waals surface area contributed by atoms with Gasteiger partial charge in [0.2, 0.25) is 0 Å². The third-order valence-corrected chi connectivity index (χ3v) is 5.52. The van der Waals surface area contributed by atoms with E-state index < -0.39 is 10.5 Å². The van der Waals surface area contributed by atoms with Gasteiger partial charge in [-0.05, 0) is 42.0 Å². The van der Waals surface area contributed by atoms with Gasteiger partial charge in [-0.2, -0.15) is 8.42 Å². The van der Waals surface area contributed by atoms with Crippen LogP contribution in [-0.4, -0.2) is 15.5 Å². The number of benzene rings is 2. The van der Waals surface area contributed by atoms with Crippen molar-refractivity contribution in [2.24, 2.45) is 4.36 Å². The van der Waals surface area contributed by atoms with Crippen LogP contribution in [-0.2, 0) is 15.9 Å². The molecule has 4 nitrogen and oxygen atoms in total. The van der Waals surface area contributed by atoms with Crippen LogP contribution >= 0.6 is 0 Å². The lowest BCUT2D eigenvalue weighted by molar-refractivity contribution is 0.416. The summed E-state index contributed by atoms with van der Waals surface area (Å²) in [5, 5.41) is 0. The number of rotatable bonds is 7. The van der Waals surface area contributed by atoms with Crippen molar-refractivity contribution in [1.82, 2.24) is 0 Å². The van der Waals surface area contributed by atoms with Crippen LogP contribution in [0.15, 0.2) is 52.9 Å². The van der Waals surface area contributed by atoms with Gasteiger partial charge in [-0.1, -0.05) is 56.2 Å². The highest BCUT2D eigenvalue weighted by Crippen LogP contribution is 2.63. The number of hydrogen-bond acceptors (Lipinski definition) is 4. The summed E-state index contributed by atoms with van der Waals surface area (Å²) in [4.78, 5) is 0. The van der Waals surface area contributed by atoms with E-state index in [-0.39, 0.29) is 5.41 Å². The second kappa shape index (κ2) is 7.40. The Morgan fingerprint density at radius 2 is 1.96 bits per heavy atom. The molecule has 0 saturated heterocycles. The molecular formula is C20H23NO3S. The summed E-state index contributed by atoms with van der Waals surface area (Å²) in [5.41, 5.74) is 3.03. The number of nitrogens with zero attached hydrogens (tertiary/aromatic N) is 1. The molecule has 0 amide bonds. The van der Waals surface area contributed by atoms with Gasteiger partial charge in [0.15, 0.2) is 0 Å². The first-order valence-corrected chi connectivity index (χ1v) is 9.68. The Hall–Kier alpha value is -2.14. The number of methoxy groups -OCH3 is 1. The molecule has 2 aromatic carbocycles. The fourth-order valence-corrected chi connectivity index (χ4v) is 4.12. The van der Waals surface area contributed by atoms with Crippen molar-refractivity contribution in [2.45, 2.75) is 43.9 Å². The quantitative estimate of drug-likeness (QED) is 0.700. The minimum Gasteiger partial charge on any atom is -0.494 e. The summed E-state index contributed by atoms with van der Waals surface area (Å²) < 4.78 is 30.9. The first-order chi connectivity index (χ1) is 12.1. The normalized spacial score (nSPS) is 21.6. The zero-order chi connectivity index (χ0) is 17.9. The second-order valence-corrected chi connectivity index (χ2v) is 7.24. The molecule has 1 aliphatic carbocycles. The molecule has 0 heterocycles. The SMILES string of the molecule is CCCCC1(c2ccccc2)CC1c1ccc(OC)c(N=S(=O)=O)c1. The highest BCUT2D eigenvalue weighted by Gasteiger charge is 2.54. The van der Waals surface area contributed by atoms with E-state index in [1.807, 2.05) is 24.3 Å². The lowest BCUT2D eigenvalue weighted by atomic mass is 9.86. The lowest BCUT2D eigenvalue weighted by Crippen LogP contribution is -2.09. The summed E-state index contributed by atoms with van der Waals surface area (Å²) in [6.07, 6.45) is 4.58. The summed E-state index contributed by atoms with van der Waals surface area (Å²) in [5.74, 6) is 0.869. The third-order valence-electron chi connectivity index (χ3n) is 5.18. The Labute approximate surface area is 150 Å². The lowest BCUT2D eigenvalue weighted by Gasteiger charge is -2.18. The number of unbranched alkanes of at least 4 members (excludes halogenated alkanes) is 1. The van der Waals surface area contributed by atoms with Gasteiger partial charge in [-0.15, -0.1) is 4.36 Å². The first kappa shape index (κ1) is 17.7. The van der Waals surface area contributed by atoms with Crippen molar-refractivity contribution in [3.8, 4) is 5.75 Å². The molecule has 0 bridgehead atoms. The molecule has 0 spiro atoms. The molecule has 25 heavy (non-hydrogen) atoms. The Kier molecular flexibility index (Phi) is 5.23. The molecule has 132 valence electrons. The largest absolute Gasteiger partial charge is 0.494 e. The van der Waals surface area contributed by atoms with Gasteiger partial charge in [-0.3, -0.25) is 0 Å². The van der Waals surface area contributed by atoms with Crippen LogP contribution in [0.5, 0.6) is 5.75 Å². The molecule has 0 radical (unpaired) electrons. The molecule has 0 aliphatic heterocycles. The predicted molar refractivity (Wildman–Crippen MR) is 99.0 cm³/mol. The van der Waals surface area contributed by atoms with Crippen molar-refractivity contribution in [1.29, 1.82) is 0 Å². The monoisotopic (exact) mass is 357 g/mol. The van der Waals surface area contributed by atoms with Gasteiger partial charge in [0.25, 0.3) is 0 Å². The third kappa shape index (κ3) is 3.61. The summed E-state index contributed by atoms with van der Waals surface area (Å²) >= 11 is 0. The van der Waals surface area contributed by atoms with Crippen molar-refractivity contribution >= 4 is 16.2 Å². The maximum absolute atomic E-state index is 11.0. The van der Waals surface area contributed by atoms with E-state index >= 15 is 0 Å². The van der Waals surface area contributed by atoms with E-state index in [0.29, 0.717) is 17.4 Å². The van der Waals surface area contributed by atoms with Crippen LogP contribution in [0.25, 0.3) is 0 Å². The molecule has 0 N–H and O–H groups in total. The molecule has 2 aromatic rings. The number of hydrogen-bond donors (Lipinski definition) is 0. The van der Waals surface area contributed by atoms with Crippen molar-refractivity contribution < 1.29 is 13.2 Å². The summed E-state index contributed by atoms with van der Waals surface area (Å²) in [7, 11) is -0.972. The molecule has 1 aliphatic rings. The van der Waals surface area contributed by atoms with Gasteiger partial charge in [0, 0.05) is 5.41 Å². The van der Waals surface area contributed by atoms with Crippen LogP contribution in [0.4, 0.5) is 5.69 Å². The van der Waals surface area contributed by atoms with Gasteiger partial charge in [0.1, 0.15) is 11.4 Å². The molecule has 3 rings (SSSR count). The zero-order valence-electron chi connectivity index (χ0n) is 14.6. The Balaban J connectivity index is 1.98. The van der Waals surface area contributed by atoms with E-state index in [1.165, 1.54) is 25.5 Å². The molecule has 0 aromatic heterocycles. The fraction of sp³-hybridized carbons (Fsp3) is 0.400. The maximum atomic E-state index is 11.0. The van der Waals surface area contributed by atoms with Gasteiger partial charge in [0.05, 0.1) is 7.11 Å². The fourth-order valence-electron chi connectivity index (χ4n) is 3.82. The van der Waals surface area contributed by atoms with Crippen LogP contribution in [0, 0.1) is 0 Å². The van der Waals surface area contributed by atoms with E-state index in [4.69, 9.17) is 4.74 Å². The average molecular weight is 357 g/mol. The highest BCUT2D eigenvalue weighted by molar-refractivity contribution is 7.61. The van der Waals surface area contributed by atoms with E-state index in [2.05, 4.69) is 35.6 Å². The van der Waals surface area contributed by atoms with Crippen LogP contribution in [0.2, 0.25) is 0 Å². The predicted octanol–water partition coefficient (Wildman–Crippen LogP) is 5.00. The van der Waals surface area contributed by atoms with E-state index in [1.54, 1.807) is 0 Å². The van der Waals surface area contributed by atoms with Gasteiger partial charge >= 0.3 is 10.5 Å². The molecule has 1 saturated carbocycles. The molecule has 5 heteroatoms. The number of ether oxygens (including phenoxy) is 1. The summed E-state index contributed by atoms with van der Waals surface area (Å²) in [6, 6.07) is 16.3. The molecule has 2 atom stereocenters. The minimum atomic E-state index is -2.49. The van der Waals surface area contributed by atoms with E-state index in [0.717, 1.165) is 18.4 Å². The average Bonchev–Trinajstić information content (AvgIpc) is 3.36. The molecule has 2 unspecified atom stereocenters. The van der Waals surface area contributed by atoms with Crippen molar-refractivity contribution in [3.05, 3.63) is 59.7 Å². The topological polar surface area (TPSA) is 55.7 Å². The molecular weight excluding hydrogens is 334 g/mol. The van der Waals surface area contributed by atoms with E-state index in [9.17, 15) is 8.42 Å². The first-order valence-electron chi connectivity index (χ1n) is 8.65. The second-order valence-electron chi connectivity index (χ2n) is 6.62. The van der Waals surface area contributed by atoms with Crippen LogP contribution < -0.4 is 4.74 Å². The van der Waals surface area contributed by atoms with Crippen LogP contribution in [0.1, 0.15) is 49.7 Å². The zero-order valence-corrected chi connectivity index (χ0v) is 15.4.